The van der Waals surface area contributed by atoms with Crippen LogP contribution in [0, 0.1) is 5.92 Å². The van der Waals surface area contributed by atoms with Gasteiger partial charge in [-0.15, -0.1) is 0 Å². The van der Waals surface area contributed by atoms with Crippen molar-refractivity contribution >= 4 is 5.91 Å². The number of hydrogen-bond donors (Lipinski definition) is 1. The number of likely N-dealkylation sites (tertiary alicyclic amines) is 1. The Morgan fingerprint density at radius 2 is 2.21 bits per heavy atom. The normalized spacial score (nSPS) is 18.8. The molecule has 0 aromatic heterocycles. The minimum absolute atomic E-state index is 0.106. The van der Waals surface area contributed by atoms with Crippen LogP contribution in [0.2, 0.25) is 0 Å². The molecule has 1 aliphatic rings. The third-order valence-electron chi connectivity index (χ3n) is 3.47. The van der Waals surface area contributed by atoms with Crippen LogP contribution < -0.4 is 5.32 Å². The van der Waals surface area contributed by atoms with Crippen molar-refractivity contribution in [2.75, 3.05) is 33.3 Å². The number of carbonyl (C=O) groups excluding carboxylic acids is 1. The smallest absolute Gasteiger partial charge is 0.248 e. The van der Waals surface area contributed by atoms with Crippen molar-refractivity contribution in [1.82, 2.24) is 10.2 Å². The van der Waals surface area contributed by atoms with E-state index in [1.165, 1.54) is 0 Å². The van der Waals surface area contributed by atoms with Crippen molar-refractivity contribution in [3.05, 3.63) is 35.9 Å². The van der Waals surface area contributed by atoms with Crippen molar-refractivity contribution in [2.24, 2.45) is 5.92 Å². The third kappa shape index (κ3) is 4.33. The Morgan fingerprint density at radius 1 is 1.42 bits per heavy atom. The molecule has 1 heterocycles. The highest BCUT2D eigenvalue weighted by molar-refractivity contribution is 5.77. The summed E-state index contributed by atoms with van der Waals surface area (Å²) in [4.78, 5) is 13.9. The maximum atomic E-state index is 12.0. The number of ether oxygens (including phenoxy) is 1. The molecule has 1 unspecified atom stereocenters. The summed E-state index contributed by atoms with van der Waals surface area (Å²) in [6.45, 7) is 3.38. The number of rotatable bonds is 6. The molecule has 1 saturated heterocycles. The monoisotopic (exact) mass is 262 g/mol. The predicted molar refractivity (Wildman–Crippen MR) is 74.7 cm³/mol. The first kappa shape index (κ1) is 14.0. The Labute approximate surface area is 114 Å². The highest BCUT2D eigenvalue weighted by atomic mass is 16.5. The van der Waals surface area contributed by atoms with E-state index in [0.29, 0.717) is 12.5 Å². The van der Waals surface area contributed by atoms with E-state index in [1.807, 2.05) is 42.3 Å². The Balaban J connectivity index is 1.68. The molecular formula is C15H22N2O2. The van der Waals surface area contributed by atoms with Gasteiger partial charge in [-0.1, -0.05) is 30.3 Å². The van der Waals surface area contributed by atoms with Crippen LogP contribution in [0.1, 0.15) is 12.0 Å². The molecule has 0 spiro atoms. The van der Waals surface area contributed by atoms with Crippen molar-refractivity contribution < 1.29 is 9.53 Å². The molecule has 19 heavy (non-hydrogen) atoms. The van der Waals surface area contributed by atoms with Gasteiger partial charge in [0.25, 0.3) is 0 Å². The van der Waals surface area contributed by atoms with Gasteiger partial charge < -0.3 is 15.0 Å². The Bertz CT molecular complexity index is 394. The minimum atomic E-state index is 0.106. The van der Waals surface area contributed by atoms with Crippen LogP contribution in [-0.2, 0) is 16.1 Å². The number of benzene rings is 1. The Hall–Kier alpha value is -1.39. The van der Waals surface area contributed by atoms with Crippen molar-refractivity contribution in [1.29, 1.82) is 0 Å². The van der Waals surface area contributed by atoms with Gasteiger partial charge in [0, 0.05) is 13.1 Å². The minimum Gasteiger partial charge on any atom is -0.367 e. The van der Waals surface area contributed by atoms with Gasteiger partial charge in [-0.05, 0) is 31.5 Å². The SMILES string of the molecule is CNCC1CCN(C(=O)COCc2ccccc2)C1. The first-order chi connectivity index (χ1) is 9.29. The summed E-state index contributed by atoms with van der Waals surface area (Å²) in [5, 5.41) is 3.16. The standard InChI is InChI=1S/C15H22N2O2/c1-16-9-14-7-8-17(10-14)15(18)12-19-11-13-5-3-2-4-6-13/h2-6,14,16H,7-12H2,1H3. The second-order valence-electron chi connectivity index (χ2n) is 5.03. The summed E-state index contributed by atoms with van der Waals surface area (Å²) in [5.74, 6) is 0.692. The van der Waals surface area contributed by atoms with E-state index < -0.39 is 0 Å². The molecule has 1 aromatic carbocycles. The molecule has 1 atom stereocenters. The van der Waals surface area contributed by atoms with Crippen LogP contribution in [0.5, 0.6) is 0 Å². The molecule has 4 nitrogen and oxygen atoms in total. The zero-order valence-corrected chi connectivity index (χ0v) is 11.5. The fourth-order valence-electron chi connectivity index (χ4n) is 2.44. The molecule has 1 aromatic rings. The average molecular weight is 262 g/mol. The second-order valence-corrected chi connectivity index (χ2v) is 5.03. The Morgan fingerprint density at radius 3 is 2.95 bits per heavy atom. The highest BCUT2D eigenvalue weighted by Crippen LogP contribution is 2.15. The Kier molecular flexibility index (Phi) is 5.36. The van der Waals surface area contributed by atoms with Gasteiger partial charge in [0.15, 0.2) is 0 Å². The van der Waals surface area contributed by atoms with Crippen LogP contribution in [0.25, 0.3) is 0 Å². The van der Waals surface area contributed by atoms with E-state index in [9.17, 15) is 4.79 Å². The molecular weight excluding hydrogens is 240 g/mol. The van der Waals surface area contributed by atoms with Gasteiger partial charge in [0.05, 0.1) is 6.61 Å². The molecule has 1 fully saturated rings. The maximum absolute atomic E-state index is 12.0. The zero-order chi connectivity index (χ0) is 13.5. The molecule has 0 aliphatic carbocycles. The summed E-state index contributed by atoms with van der Waals surface area (Å²) in [6, 6.07) is 9.93. The van der Waals surface area contributed by atoms with Gasteiger partial charge in [-0.3, -0.25) is 4.79 Å². The van der Waals surface area contributed by atoms with Crippen LogP contribution in [0.15, 0.2) is 30.3 Å². The first-order valence-corrected chi connectivity index (χ1v) is 6.83. The molecule has 0 radical (unpaired) electrons. The first-order valence-electron chi connectivity index (χ1n) is 6.83. The van der Waals surface area contributed by atoms with E-state index in [4.69, 9.17) is 4.74 Å². The number of nitrogens with zero attached hydrogens (tertiary/aromatic N) is 1. The summed E-state index contributed by atoms with van der Waals surface area (Å²) >= 11 is 0. The van der Waals surface area contributed by atoms with Gasteiger partial charge >= 0.3 is 0 Å². The molecule has 1 N–H and O–H groups in total. The van der Waals surface area contributed by atoms with Crippen LogP contribution in [-0.4, -0.2) is 44.1 Å². The fourth-order valence-corrected chi connectivity index (χ4v) is 2.44. The lowest BCUT2D eigenvalue weighted by Crippen LogP contribution is -2.33. The van der Waals surface area contributed by atoms with Crippen LogP contribution >= 0.6 is 0 Å². The molecule has 2 rings (SSSR count). The van der Waals surface area contributed by atoms with Crippen LogP contribution in [0.4, 0.5) is 0 Å². The number of amides is 1. The summed E-state index contributed by atoms with van der Waals surface area (Å²) in [5.41, 5.74) is 1.10. The third-order valence-corrected chi connectivity index (χ3v) is 3.47. The van der Waals surface area contributed by atoms with Crippen LogP contribution in [0.3, 0.4) is 0 Å². The van der Waals surface area contributed by atoms with E-state index >= 15 is 0 Å². The van der Waals surface area contributed by atoms with Gasteiger partial charge in [0.2, 0.25) is 5.91 Å². The summed E-state index contributed by atoms with van der Waals surface area (Å²) in [6.07, 6.45) is 1.09. The van der Waals surface area contributed by atoms with Gasteiger partial charge in [-0.2, -0.15) is 0 Å². The van der Waals surface area contributed by atoms with Crippen molar-refractivity contribution in [3.63, 3.8) is 0 Å². The van der Waals surface area contributed by atoms with Crippen molar-refractivity contribution in [3.8, 4) is 0 Å². The quantitative estimate of drug-likeness (QED) is 0.839. The van der Waals surface area contributed by atoms with Crippen molar-refractivity contribution in [2.45, 2.75) is 13.0 Å². The molecule has 1 aliphatic heterocycles. The lowest BCUT2D eigenvalue weighted by atomic mass is 10.1. The zero-order valence-electron chi connectivity index (χ0n) is 11.5. The van der Waals surface area contributed by atoms with E-state index in [-0.39, 0.29) is 12.5 Å². The molecule has 0 saturated carbocycles. The summed E-state index contributed by atoms with van der Waals surface area (Å²) < 4.78 is 5.48. The predicted octanol–water partition coefficient (Wildman–Crippen LogP) is 1.27. The van der Waals surface area contributed by atoms with Gasteiger partial charge in [-0.25, -0.2) is 0 Å². The lowest BCUT2D eigenvalue weighted by molar-refractivity contribution is -0.135. The van der Waals surface area contributed by atoms with E-state index in [0.717, 1.165) is 31.6 Å². The molecule has 4 heteroatoms. The molecule has 1 amide bonds. The van der Waals surface area contributed by atoms with Gasteiger partial charge in [0.1, 0.15) is 6.61 Å². The lowest BCUT2D eigenvalue weighted by Gasteiger charge is -2.16. The summed E-state index contributed by atoms with van der Waals surface area (Å²) in [7, 11) is 1.95. The number of nitrogens with one attached hydrogen (secondary N) is 1. The largest absolute Gasteiger partial charge is 0.367 e. The number of carbonyl (C=O) groups is 1. The number of hydrogen-bond acceptors (Lipinski definition) is 3. The van der Waals surface area contributed by atoms with E-state index in [1.54, 1.807) is 0 Å². The second kappa shape index (κ2) is 7.26. The fraction of sp³-hybridized carbons (Fsp3) is 0.533. The topological polar surface area (TPSA) is 41.6 Å². The maximum Gasteiger partial charge on any atom is 0.248 e. The average Bonchev–Trinajstić information content (AvgIpc) is 2.89. The highest BCUT2D eigenvalue weighted by Gasteiger charge is 2.25. The molecule has 0 bridgehead atoms. The van der Waals surface area contributed by atoms with E-state index in [2.05, 4.69) is 5.32 Å². The molecule has 104 valence electrons.